The van der Waals surface area contributed by atoms with E-state index in [2.05, 4.69) is 23.7 Å². The number of hydrogen-bond acceptors (Lipinski definition) is 3. The lowest BCUT2D eigenvalue weighted by molar-refractivity contribution is 0.280. The Balaban J connectivity index is 2.43. The number of aromatic nitrogens is 1. The summed E-state index contributed by atoms with van der Waals surface area (Å²) in [5.41, 5.74) is 3.15. The third-order valence-corrected chi connectivity index (χ3v) is 3.67. The molecule has 1 aromatic rings. The van der Waals surface area contributed by atoms with Crippen LogP contribution in [-0.4, -0.2) is 22.7 Å². The Morgan fingerprint density at radius 2 is 2.12 bits per heavy atom. The molecule has 1 aliphatic heterocycles. The fourth-order valence-electron chi connectivity index (χ4n) is 2.87. The number of hydrogen-bond donors (Lipinski definition) is 1. The van der Waals surface area contributed by atoms with Crippen LogP contribution in [0.2, 0.25) is 0 Å². The second-order valence-electron chi connectivity index (χ2n) is 5.38. The summed E-state index contributed by atoms with van der Waals surface area (Å²) in [6.07, 6.45) is 1.21. The van der Waals surface area contributed by atoms with E-state index in [1.165, 1.54) is 6.42 Å². The van der Waals surface area contributed by atoms with Crippen molar-refractivity contribution in [1.29, 1.82) is 0 Å². The standard InChI is InChI=1S/C14H22N2O/c1-9-5-12(4)16(7-9)14-13(8-17)10(2)6-11(3)15-14/h6,9,12,17H,5,7-8H2,1-4H3. The second-order valence-corrected chi connectivity index (χ2v) is 5.38. The molecule has 3 nitrogen and oxygen atoms in total. The molecule has 2 unspecified atom stereocenters. The van der Waals surface area contributed by atoms with Crippen LogP contribution in [-0.2, 0) is 6.61 Å². The molecule has 0 aliphatic carbocycles. The van der Waals surface area contributed by atoms with Crippen molar-refractivity contribution in [2.75, 3.05) is 11.4 Å². The Hall–Kier alpha value is -1.09. The number of anilines is 1. The molecule has 3 heteroatoms. The number of rotatable bonds is 2. The topological polar surface area (TPSA) is 36.4 Å². The number of pyridine rings is 1. The molecule has 1 N–H and O–H groups in total. The molecule has 0 saturated carbocycles. The Morgan fingerprint density at radius 3 is 2.65 bits per heavy atom. The van der Waals surface area contributed by atoms with Crippen LogP contribution in [0.3, 0.4) is 0 Å². The van der Waals surface area contributed by atoms with Gasteiger partial charge in [0, 0.05) is 23.8 Å². The van der Waals surface area contributed by atoms with Gasteiger partial charge >= 0.3 is 0 Å². The molecule has 0 amide bonds. The van der Waals surface area contributed by atoms with E-state index in [9.17, 15) is 5.11 Å². The first-order valence-electron chi connectivity index (χ1n) is 6.37. The summed E-state index contributed by atoms with van der Waals surface area (Å²) in [7, 11) is 0. The summed E-state index contributed by atoms with van der Waals surface area (Å²) < 4.78 is 0. The van der Waals surface area contributed by atoms with Crippen molar-refractivity contribution in [3.8, 4) is 0 Å². The number of aliphatic hydroxyl groups excluding tert-OH is 1. The highest BCUT2D eigenvalue weighted by atomic mass is 16.3. The van der Waals surface area contributed by atoms with Gasteiger partial charge in [0.05, 0.1) is 6.61 Å². The van der Waals surface area contributed by atoms with Gasteiger partial charge in [-0.1, -0.05) is 6.92 Å². The van der Waals surface area contributed by atoms with Gasteiger partial charge in [0.25, 0.3) is 0 Å². The monoisotopic (exact) mass is 234 g/mol. The average molecular weight is 234 g/mol. The third kappa shape index (κ3) is 2.29. The van der Waals surface area contributed by atoms with Gasteiger partial charge in [-0.3, -0.25) is 0 Å². The maximum atomic E-state index is 9.54. The molecule has 94 valence electrons. The molecule has 2 heterocycles. The van der Waals surface area contributed by atoms with Crippen LogP contribution in [0.15, 0.2) is 6.07 Å². The fraction of sp³-hybridized carbons (Fsp3) is 0.643. The molecule has 1 saturated heterocycles. The van der Waals surface area contributed by atoms with Gasteiger partial charge in [0.2, 0.25) is 0 Å². The number of aliphatic hydroxyl groups is 1. The van der Waals surface area contributed by atoms with Gasteiger partial charge in [-0.2, -0.15) is 0 Å². The first kappa shape index (κ1) is 12.4. The molecule has 2 atom stereocenters. The van der Waals surface area contributed by atoms with Crippen molar-refractivity contribution in [3.63, 3.8) is 0 Å². The number of aryl methyl sites for hydroxylation is 2. The maximum absolute atomic E-state index is 9.54. The minimum Gasteiger partial charge on any atom is -0.392 e. The molecule has 0 bridgehead atoms. The fourth-order valence-corrected chi connectivity index (χ4v) is 2.87. The van der Waals surface area contributed by atoms with Crippen LogP contribution < -0.4 is 4.90 Å². The van der Waals surface area contributed by atoms with Crippen LogP contribution in [0.1, 0.15) is 37.1 Å². The molecule has 0 spiro atoms. The molecular formula is C14H22N2O. The molecule has 1 aromatic heterocycles. The van der Waals surface area contributed by atoms with Crippen molar-refractivity contribution in [2.24, 2.45) is 5.92 Å². The highest BCUT2D eigenvalue weighted by Crippen LogP contribution is 2.31. The lowest BCUT2D eigenvalue weighted by Crippen LogP contribution is -2.29. The Bertz CT molecular complexity index is 417. The van der Waals surface area contributed by atoms with Crippen molar-refractivity contribution in [2.45, 2.75) is 46.8 Å². The molecule has 17 heavy (non-hydrogen) atoms. The van der Waals surface area contributed by atoms with Crippen LogP contribution in [0.4, 0.5) is 5.82 Å². The Labute approximate surface area is 103 Å². The van der Waals surface area contributed by atoms with E-state index in [4.69, 9.17) is 0 Å². The van der Waals surface area contributed by atoms with Crippen LogP contribution in [0, 0.1) is 19.8 Å². The largest absolute Gasteiger partial charge is 0.392 e. The molecule has 0 aromatic carbocycles. The van der Waals surface area contributed by atoms with E-state index >= 15 is 0 Å². The predicted molar refractivity (Wildman–Crippen MR) is 70.2 cm³/mol. The van der Waals surface area contributed by atoms with Gasteiger partial charge in [0.1, 0.15) is 5.82 Å². The zero-order valence-electron chi connectivity index (χ0n) is 11.2. The van der Waals surface area contributed by atoms with E-state index < -0.39 is 0 Å². The molecule has 1 aliphatic rings. The molecule has 0 radical (unpaired) electrons. The highest BCUT2D eigenvalue weighted by molar-refractivity contribution is 5.52. The van der Waals surface area contributed by atoms with E-state index in [0.717, 1.165) is 29.2 Å². The first-order valence-corrected chi connectivity index (χ1v) is 6.37. The summed E-state index contributed by atoms with van der Waals surface area (Å²) in [6, 6.07) is 2.56. The summed E-state index contributed by atoms with van der Waals surface area (Å²) in [6.45, 7) is 9.70. The normalized spacial score (nSPS) is 24.4. The van der Waals surface area contributed by atoms with Gasteiger partial charge in [-0.25, -0.2) is 4.98 Å². The van der Waals surface area contributed by atoms with Crippen molar-refractivity contribution < 1.29 is 5.11 Å². The molecule has 2 rings (SSSR count). The van der Waals surface area contributed by atoms with Gasteiger partial charge in [0.15, 0.2) is 0 Å². The second kappa shape index (κ2) is 4.65. The lowest BCUT2D eigenvalue weighted by Gasteiger charge is -2.26. The Morgan fingerprint density at radius 1 is 1.41 bits per heavy atom. The zero-order chi connectivity index (χ0) is 12.6. The summed E-state index contributed by atoms with van der Waals surface area (Å²) in [5, 5.41) is 9.54. The zero-order valence-corrected chi connectivity index (χ0v) is 11.2. The predicted octanol–water partition coefficient (Wildman–Crippen LogP) is 2.43. The van der Waals surface area contributed by atoms with Gasteiger partial charge in [-0.05, 0) is 44.7 Å². The van der Waals surface area contributed by atoms with Crippen LogP contribution in [0.5, 0.6) is 0 Å². The van der Waals surface area contributed by atoms with Gasteiger partial charge < -0.3 is 10.0 Å². The minimum absolute atomic E-state index is 0.0754. The van der Waals surface area contributed by atoms with Crippen molar-refractivity contribution >= 4 is 5.82 Å². The average Bonchev–Trinajstić information content (AvgIpc) is 2.56. The van der Waals surface area contributed by atoms with E-state index in [1.807, 2.05) is 19.9 Å². The van der Waals surface area contributed by atoms with E-state index in [1.54, 1.807) is 0 Å². The molecule has 1 fully saturated rings. The lowest BCUT2D eigenvalue weighted by atomic mass is 10.1. The Kier molecular flexibility index (Phi) is 3.38. The highest BCUT2D eigenvalue weighted by Gasteiger charge is 2.29. The first-order chi connectivity index (χ1) is 8.02. The molecular weight excluding hydrogens is 212 g/mol. The van der Waals surface area contributed by atoms with Crippen LogP contribution >= 0.6 is 0 Å². The quantitative estimate of drug-likeness (QED) is 0.853. The van der Waals surface area contributed by atoms with Crippen molar-refractivity contribution in [3.05, 3.63) is 22.9 Å². The SMILES string of the molecule is Cc1cc(C)c(CO)c(N2CC(C)CC2C)n1. The third-order valence-electron chi connectivity index (χ3n) is 3.67. The summed E-state index contributed by atoms with van der Waals surface area (Å²) in [4.78, 5) is 6.98. The van der Waals surface area contributed by atoms with Gasteiger partial charge in [-0.15, -0.1) is 0 Å². The van der Waals surface area contributed by atoms with E-state index in [-0.39, 0.29) is 6.61 Å². The summed E-state index contributed by atoms with van der Waals surface area (Å²) >= 11 is 0. The smallest absolute Gasteiger partial charge is 0.134 e. The number of nitrogens with zero attached hydrogens (tertiary/aromatic N) is 2. The van der Waals surface area contributed by atoms with Crippen molar-refractivity contribution in [1.82, 2.24) is 4.98 Å². The minimum atomic E-state index is 0.0754. The van der Waals surface area contributed by atoms with Crippen LogP contribution in [0.25, 0.3) is 0 Å². The van der Waals surface area contributed by atoms with E-state index in [0.29, 0.717) is 12.0 Å². The summed E-state index contributed by atoms with van der Waals surface area (Å²) in [5.74, 6) is 1.70. The maximum Gasteiger partial charge on any atom is 0.134 e.